The molecule has 6 nitrogen and oxygen atoms in total. The Labute approximate surface area is 201 Å². The van der Waals surface area contributed by atoms with E-state index in [9.17, 15) is 23.5 Å². The van der Waals surface area contributed by atoms with Gasteiger partial charge in [-0.3, -0.25) is 9.59 Å². The molecule has 0 saturated carbocycles. The predicted octanol–water partition coefficient (Wildman–Crippen LogP) is 4.65. The Morgan fingerprint density at radius 3 is 2.29 bits per heavy atom. The lowest BCUT2D eigenvalue weighted by Crippen LogP contribution is -2.32. The summed E-state index contributed by atoms with van der Waals surface area (Å²) in [6, 6.07) is 14.7. The number of methoxy groups -OCH3 is 2. The van der Waals surface area contributed by atoms with Gasteiger partial charge < -0.3 is 19.5 Å². The summed E-state index contributed by atoms with van der Waals surface area (Å²) >= 11 is 0. The van der Waals surface area contributed by atoms with E-state index in [2.05, 4.69) is 0 Å². The summed E-state index contributed by atoms with van der Waals surface area (Å²) in [4.78, 5) is 27.3. The van der Waals surface area contributed by atoms with Gasteiger partial charge in [-0.2, -0.15) is 0 Å². The highest BCUT2D eigenvalue weighted by Crippen LogP contribution is 2.40. The molecule has 1 saturated heterocycles. The van der Waals surface area contributed by atoms with E-state index in [0.29, 0.717) is 17.9 Å². The number of hydrogen-bond donors (Lipinski definition) is 1. The maximum absolute atomic E-state index is 14.9. The highest BCUT2D eigenvalue weighted by atomic mass is 19.1. The summed E-state index contributed by atoms with van der Waals surface area (Å²) in [5.41, 5.74) is 0.766. The van der Waals surface area contributed by atoms with Crippen LogP contribution in [0.1, 0.15) is 22.7 Å². The van der Waals surface area contributed by atoms with E-state index in [1.165, 1.54) is 49.5 Å². The quantitative estimate of drug-likeness (QED) is 0.303. The number of ketones is 1. The Morgan fingerprint density at radius 1 is 0.943 bits per heavy atom. The summed E-state index contributed by atoms with van der Waals surface area (Å²) in [5.74, 6) is -2.39. The molecule has 1 aliphatic heterocycles. The summed E-state index contributed by atoms with van der Waals surface area (Å²) in [6.07, 6.45) is 0.328. The van der Waals surface area contributed by atoms with Gasteiger partial charge in [0.05, 0.1) is 25.8 Å². The minimum Gasteiger partial charge on any atom is -0.507 e. The van der Waals surface area contributed by atoms with E-state index >= 15 is 0 Å². The van der Waals surface area contributed by atoms with Crippen LogP contribution in [0.2, 0.25) is 0 Å². The molecule has 1 fully saturated rings. The standard InChI is InChI=1S/C27H23F2NO5/c1-34-21-12-7-16(15-22(21)35-2)13-14-30-24(19-5-3-4-6-20(19)29)23(26(32)27(30)33)25(31)17-8-10-18(28)11-9-17/h3-12,15,24,31H,13-14H2,1-2H3. The van der Waals surface area contributed by atoms with Crippen molar-refractivity contribution in [2.75, 3.05) is 20.8 Å². The zero-order valence-corrected chi connectivity index (χ0v) is 19.1. The molecule has 8 heteroatoms. The lowest BCUT2D eigenvalue weighted by atomic mass is 9.94. The van der Waals surface area contributed by atoms with Gasteiger partial charge in [0.15, 0.2) is 11.5 Å². The molecule has 3 aromatic carbocycles. The number of benzene rings is 3. The topological polar surface area (TPSA) is 76.1 Å². The van der Waals surface area contributed by atoms with E-state index in [0.717, 1.165) is 17.7 Å². The maximum atomic E-state index is 14.9. The number of Topliss-reactive ketones (excluding diaryl/α,β-unsaturated/α-hetero) is 1. The van der Waals surface area contributed by atoms with Crippen LogP contribution in [-0.4, -0.2) is 42.5 Å². The number of likely N-dealkylation sites (tertiary alicyclic amines) is 1. The van der Waals surface area contributed by atoms with Crippen molar-refractivity contribution >= 4 is 17.4 Å². The van der Waals surface area contributed by atoms with Crippen molar-refractivity contribution in [2.45, 2.75) is 12.5 Å². The Bertz CT molecular complexity index is 1300. The fourth-order valence-corrected chi connectivity index (χ4v) is 4.18. The minimum atomic E-state index is -1.15. The van der Waals surface area contributed by atoms with Crippen molar-refractivity contribution < 1.29 is 33.0 Å². The number of rotatable bonds is 7. The van der Waals surface area contributed by atoms with Crippen molar-refractivity contribution in [3.05, 3.63) is 101 Å². The monoisotopic (exact) mass is 479 g/mol. The fourth-order valence-electron chi connectivity index (χ4n) is 4.18. The molecule has 180 valence electrons. The van der Waals surface area contributed by atoms with Gasteiger partial charge in [0, 0.05) is 17.7 Å². The van der Waals surface area contributed by atoms with E-state index in [1.807, 2.05) is 0 Å². The molecule has 1 amide bonds. The van der Waals surface area contributed by atoms with E-state index < -0.39 is 35.1 Å². The highest BCUT2D eigenvalue weighted by Gasteiger charge is 2.46. The zero-order chi connectivity index (χ0) is 25.1. The summed E-state index contributed by atoms with van der Waals surface area (Å²) in [7, 11) is 3.03. The van der Waals surface area contributed by atoms with Gasteiger partial charge in [-0.1, -0.05) is 24.3 Å². The Hall–Kier alpha value is -4.20. The van der Waals surface area contributed by atoms with Gasteiger partial charge in [0.2, 0.25) is 0 Å². The number of hydrogen-bond acceptors (Lipinski definition) is 5. The van der Waals surface area contributed by atoms with E-state index in [1.54, 1.807) is 24.3 Å². The van der Waals surface area contributed by atoms with Crippen LogP contribution >= 0.6 is 0 Å². The molecular formula is C27H23F2NO5. The number of carbonyl (C=O) groups excluding carboxylic acids is 2. The third-order valence-electron chi connectivity index (χ3n) is 5.95. The van der Waals surface area contributed by atoms with Gasteiger partial charge >= 0.3 is 0 Å². The van der Waals surface area contributed by atoms with Crippen LogP contribution in [-0.2, 0) is 16.0 Å². The van der Waals surface area contributed by atoms with Crippen LogP contribution in [0.15, 0.2) is 72.3 Å². The molecule has 0 aliphatic carbocycles. The fraction of sp³-hybridized carbons (Fsp3) is 0.185. The van der Waals surface area contributed by atoms with Gasteiger partial charge in [0.25, 0.3) is 11.7 Å². The van der Waals surface area contributed by atoms with Crippen molar-refractivity contribution in [3.63, 3.8) is 0 Å². The van der Waals surface area contributed by atoms with Crippen LogP contribution in [0, 0.1) is 11.6 Å². The number of aliphatic hydroxyl groups is 1. The molecule has 0 radical (unpaired) electrons. The summed E-state index contributed by atoms with van der Waals surface area (Å²) < 4.78 is 38.8. The molecule has 0 bridgehead atoms. The predicted molar refractivity (Wildman–Crippen MR) is 125 cm³/mol. The number of amides is 1. The number of ether oxygens (including phenoxy) is 2. The molecule has 0 spiro atoms. The first-order valence-electron chi connectivity index (χ1n) is 10.9. The molecule has 1 heterocycles. The second-order valence-corrected chi connectivity index (χ2v) is 7.96. The molecular weight excluding hydrogens is 456 g/mol. The second kappa shape index (κ2) is 9.97. The van der Waals surface area contributed by atoms with Gasteiger partial charge in [-0.05, 0) is 54.4 Å². The molecule has 1 N–H and O–H groups in total. The first-order chi connectivity index (χ1) is 16.8. The number of carbonyl (C=O) groups is 2. The van der Waals surface area contributed by atoms with Crippen LogP contribution in [0.3, 0.4) is 0 Å². The number of aliphatic hydroxyl groups excluding tert-OH is 1. The van der Waals surface area contributed by atoms with Crippen molar-refractivity contribution in [3.8, 4) is 11.5 Å². The van der Waals surface area contributed by atoms with Gasteiger partial charge in [-0.25, -0.2) is 8.78 Å². The number of nitrogens with zero attached hydrogens (tertiary/aromatic N) is 1. The average molecular weight is 479 g/mol. The normalized spacial score (nSPS) is 17.0. The van der Waals surface area contributed by atoms with Gasteiger partial charge in [0.1, 0.15) is 17.4 Å². The number of halogens is 2. The molecule has 1 unspecified atom stereocenters. The minimum absolute atomic E-state index is 0.0687. The van der Waals surface area contributed by atoms with Crippen LogP contribution in [0.4, 0.5) is 8.78 Å². The molecule has 4 rings (SSSR count). The lowest BCUT2D eigenvalue weighted by molar-refractivity contribution is -0.139. The van der Waals surface area contributed by atoms with Crippen molar-refractivity contribution in [2.24, 2.45) is 0 Å². The third kappa shape index (κ3) is 4.59. The SMILES string of the molecule is COc1ccc(CCN2C(=O)C(=O)C(=C(O)c3ccc(F)cc3)C2c2ccccc2F)cc1OC. The van der Waals surface area contributed by atoms with Crippen molar-refractivity contribution in [1.82, 2.24) is 4.90 Å². The van der Waals surface area contributed by atoms with E-state index in [-0.39, 0.29) is 23.2 Å². The van der Waals surface area contributed by atoms with Crippen LogP contribution in [0.5, 0.6) is 11.5 Å². The Morgan fingerprint density at radius 2 is 1.63 bits per heavy atom. The Balaban J connectivity index is 1.75. The zero-order valence-electron chi connectivity index (χ0n) is 19.1. The largest absolute Gasteiger partial charge is 0.507 e. The Kier molecular flexibility index (Phi) is 6.82. The van der Waals surface area contributed by atoms with Crippen LogP contribution < -0.4 is 9.47 Å². The lowest BCUT2D eigenvalue weighted by Gasteiger charge is -2.25. The first kappa shape index (κ1) is 23.9. The molecule has 1 atom stereocenters. The van der Waals surface area contributed by atoms with Crippen LogP contribution in [0.25, 0.3) is 5.76 Å². The van der Waals surface area contributed by atoms with E-state index in [4.69, 9.17) is 9.47 Å². The highest BCUT2D eigenvalue weighted by molar-refractivity contribution is 6.46. The third-order valence-corrected chi connectivity index (χ3v) is 5.95. The maximum Gasteiger partial charge on any atom is 0.295 e. The van der Waals surface area contributed by atoms with Gasteiger partial charge in [-0.15, -0.1) is 0 Å². The molecule has 1 aliphatic rings. The molecule has 3 aromatic rings. The smallest absolute Gasteiger partial charge is 0.295 e. The van der Waals surface area contributed by atoms with Crippen molar-refractivity contribution in [1.29, 1.82) is 0 Å². The summed E-state index contributed by atoms with van der Waals surface area (Å²) in [5, 5.41) is 11.0. The summed E-state index contributed by atoms with van der Waals surface area (Å²) in [6.45, 7) is 0.0687. The second-order valence-electron chi connectivity index (χ2n) is 7.96. The first-order valence-corrected chi connectivity index (χ1v) is 10.9. The molecule has 35 heavy (non-hydrogen) atoms. The average Bonchev–Trinajstić information content (AvgIpc) is 3.12. The molecule has 0 aromatic heterocycles.